The van der Waals surface area contributed by atoms with Crippen molar-refractivity contribution >= 4 is 17.4 Å². The average molecular weight is 297 g/mol. The summed E-state index contributed by atoms with van der Waals surface area (Å²) in [5, 5.41) is 2.81. The van der Waals surface area contributed by atoms with Crippen LogP contribution in [0.25, 0.3) is 0 Å². The third kappa shape index (κ3) is 4.19. The number of benzene rings is 2. The van der Waals surface area contributed by atoms with E-state index in [0.29, 0.717) is 11.3 Å². The van der Waals surface area contributed by atoms with E-state index in [0.717, 1.165) is 16.8 Å². The standard InChI is InChI=1S/C18H19NO3/c1-12-7-8-17(13(2)9-12)19-18(21)11-22-16-6-4-5-15(10-16)14(3)20/h4-10H,11H2,1-3H3,(H,19,21). The van der Waals surface area contributed by atoms with E-state index in [1.54, 1.807) is 24.3 Å². The molecule has 1 amide bonds. The van der Waals surface area contributed by atoms with Gasteiger partial charge in [-0.1, -0.05) is 29.8 Å². The van der Waals surface area contributed by atoms with Crippen molar-refractivity contribution in [3.05, 3.63) is 59.2 Å². The first-order chi connectivity index (χ1) is 10.5. The maximum absolute atomic E-state index is 11.9. The van der Waals surface area contributed by atoms with E-state index in [1.165, 1.54) is 6.92 Å². The highest BCUT2D eigenvalue weighted by atomic mass is 16.5. The Morgan fingerprint density at radius 2 is 1.86 bits per heavy atom. The fourth-order valence-electron chi connectivity index (χ4n) is 2.09. The molecule has 2 aromatic rings. The molecule has 0 radical (unpaired) electrons. The summed E-state index contributed by atoms with van der Waals surface area (Å²) in [6.07, 6.45) is 0. The maximum atomic E-state index is 11.9. The van der Waals surface area contributed by atoms with Gasteiger partial charge in [-0.2, -0.15) is 0 Å². The number of hydrogen-bond acceptors (Lipinski definition) is 3. The minimum absolute atomic E-state index is 0.0369. The Hall–Kier alpha value is -2.62. The second kappa shape index (κ2) is 6.89. The van der Waals surface area contributed by atoms with Crippen molar-refractivity contribution in [2.45, 2.75) is 20.8 Å². The van der Waals surface area contributed by atoms with Crippen LogP contribution in [-0.4, -0.2) is 18.3 Å². The predicted octanol–water partition coefficient (Wildman–Crippen LogP) is 3.52. The topological polar surface area (TPSA) is 55.4 Å². The van der Waals surface area contributed by atoms with Gasteiger partial charge in [-0.05, 0) is 44.5 Å². The van der Waals surface area contributed by atoms with Gasteiger partial charge in [-0.25, -0.2) is 0 Å². The number of Topliss-reactive ketones (excluding diaryl/α,β-unsaturated/α-hetero) is 1. The van der Waals surface area contributed by atoms with E-state index in [-0.39, 0.29) is 18.3 Å². The Morgan fingerprint density at radius 3 is 2.55 bits per heavy atom. The number of ketones is 1. The number of ether oxygens (including phenoxy) is 1. The number of hydrogen-bond donors (Lipinski definition) is 1. The summed E-state index contributed by atoms with van der Waals surface area (Å²) in [7, 11) is 0. The molecular formula is C18H19NO3. The molecule has 4 nitrogen and oxygen atoms in total. The number of amides is 1. The molecular weight excluding hydrogens is 278 g/mol. The predicted molar refractivity (Wildman–Crippen MR) is 86.5 cm³/mol. The smallest absolute Gasteiger partial charge is 0.262 e. The molecule has 0 heterocycles. The molecule has 114 valence electrons. The zero-order chi connectivity index (χ0) is 16.1. The molecule has 0 saturated heterocycles. The molecule has 2 rings (SSSR count). The lowest BCUT2D eigenvalue weighted by atomic mass is 10.1. The molecule has 0 atom stereocenters. The lowest BCUT2D eigenvalue weighted by molar-refractivity contribution is -0.118. The van der Waals surface area contributed by atoms with Crippen LogP contribution in [0, 0.1) is 13.8 Å². The lowest BCUT2D eigenvalue weighted by Crippen LogP contribution is -2.20. The van der Waals surface area contributed by atoms with Gasteiger partial charge in [0, 0.05) is 11.3 Å². The van der Waals surface area contributed by atoms with Crippen LogP contribution in [0.3, 0.4) is 0 Å². The van der Waals surface area contributed by atoms with Crippen LogP contribution >= 0.6 is 0 Å². The molecule has 22 heavy (non-hydrogen) atoms. The molecule has 0 aliphatic rings. The molecule has 0 aliphatic carbocycles. The molecule has 2 aromatic carbocycles. The summed E-state index contributed by atoms with van der Waals surface area (Å²) in [5.74, 6) is 0.230. The molecule has 0 saturated carbocycles. The minimum Gasteiger partial charge on any atom is -0.484 e. The monoisotopic (exact) mass is 297 g/mol. The molecule has 0 bridgehead atoms. The molecule has 0 aromatic heterocycles. The number of aryl methyl sites for hydroxylation is 2. The highest BCUT2D eigenvalue weighted by Gasteiger charge is 2.07. The largest absolute Gasteiger partial charge is 0.484 e. The zero-order valence-electron chi connectivity index (χ0n) is 13.0. The van der Waals surface area contributed by atoms with Gasteiger partial charge in [-0.3, -0.25) is 9.59 Å². The SMILES string of the molecule is CC(=O)c1cccc(OCC(=O)Nc2ccc(C)cc2C)c1. The quantitative estimate of drug-likeness (QED) is 0.859. The van der Waals surface area contributed by atoms with Gasteiger partial charge in [0.05, 0.1) is 0 Å². The number of carbonyl (C=O) groups is 2. The minimum atomic E-state index is -0.236. The number of nitrogens with one attached hydrogen (secondary N) is 1. The van der Waals surface area contributed by atoms with Crippen LogP contribution in [-0.2, 0) is 4.79 Å². The van der Waals surface area contributed by atoms with Crippen LogP contribution in [0.4, 0.5) is 5.69 Å². The van der Waals surface area contributed by atoms with Crippen LogP contribution in [0.1, 0.15) is 28.4 Å². The van der Waals surface area contributed by atoms with Crippen LogP contribution in [0.15, 0.2) is 42.5 Å². The fraction of sp³-hybridized carbons (Fsp3) is 0.222. The highest BCUT2D eigenvalue weighted by Crippen LogP contribution is 2.17. The lowest BCUT2D eigenvalue weighted by Gasteiger charge is -2.10. The Bertz CT molecular complexity index is 707. The van der Waals surface area contributed by atoms with E-state index in [2.05, 4.69) is 5.32 Å². The maximum Gasteiger partial charge on any atom is 0.262 e. The zero-order valence-corrected chi connectivity index (χ0v) is 13.0. The van der Waals surface area contributed by atoms with Crippen molar-refractivity contribution in [2.24, 2.45) is 0 Å². The molecule has 0 fully saturated rings. The van der Waals surface area contributed by atoms with Crippen molar-refractivity contribution in [1.29, 1.82) is 0 Å². The van der Waals surface area contributed by atoms with Gasteiger partial charge in [0.1, 0.15) is 5.75 Å². The summed E-state index contributed by atoms with van der Waals surface area (Å²) in [5.41, 5.74) is 3.49. The molecule has 1 N–H and O–H groups in total. The Labute approximate surface area is 130 Å². The van der Waals surface area contributed by atoms with Gasteiger partial charge in [0.2, 0.25) is 0 Å². The summed E-state index contributed by atoms with van der Waals surface area (Å²) < 4.78 is 5.43. The van der Waals surface area contributed by atoms with Gasteiger partial charge in [0.15, 0.2) is 12.4 Å². The Morgan fingerprint density at radius 1 is 1.09 bits per heavy atom. The molecule has 0 spiro atoms. The second-order valence-corrected chi connectivity index (χ2v) is 5.24. The molecule has 0 unspecified atom stereocenters. The van der Waals surface area contributed by atoms with Crippen molar-refractivity contribution in [2.75, 3.05) is 11.9 Å². The van der Waals surface area contributed by atoms with E-state index in [1.807, 2.05) is 32.0 Å². The summed E-state index contributed by atoms with van der Waals surface area (Å²) >= 11 is 0. The number of anilines is 1. The summed E-state index contributed by atoms with van der Waals surface area (Å²) in [6, 6.07) is 12.6. The van der Waals surface area contributed by atoms with Crippen molar-refractivity contribution in [3.8, 4) is 5.75 Å². The first kappa shape index (κ1) is 15.8. The molecule has 0 aliphatic heterocycles. The van der Waals surface area contributed by atoms with Crippen molar-refractivity contribution < 1.29 is 14.3 Å². The average Bonchev–Trinajstić information content (AvgIpc) is 2.48. The van der Waals surface area contributed by atoms with E-state index in [9.17, 15) is 9.59 Å². The van der Waals surface area contributed by atoms with Crippen LogP contribution in [0.2, 0.25) is 0 Å². The van der Waals surface area contributed by atoms with Gasteiger partial charge >= 0.3 is 0 Å². The van der Waals surface area contributed by atoms with Crippen LogP contribution in [0.5, 0.6) is 5.75 Å². The summed E-state index contributed by atoms with van der Waals surface area (Å²) in [4.78, 5) is 23.2. The van der Waals surface area contributed by atoms with Gasteiger partial charge < -0.3 is 10.1 Å². The third-order valence-corrected chi connectivity index (χ3v) is 3.27. The van der Waals surface area contributed by atoms with Crippen molar-refractivity contribution in [3.63, 3.8) is 0 Å². The van der Waals surface area contributed by atoms with Crippen LogP contribution < -0.4 is 10.1 Å². The second-order valence-electron chi connectivity index (χ2n) is 5.24. The third-order valence-electron chi connectivity index (χ3n) is 3.27. The number of rotatable bonds is 5. The summed E-state index contributed by atoms with van der Waals surface area (Å²) in [6.45, 7) is 5.34. The van der Waals surface area contributed by atoms with E-state index in [4.69, 9.17) is 4.74 Å². The van der Waals surface area contributed by atoms with Gasteiger partial charge in [-0.15, -0.1) is 0 Å². The Kier molecular flexibility index (Phi) is 4.94. The van der Waals surface area contributed by atoms with Gasteiger partial charge in [0.25, 0.3) is 5.91 Å². The van der Waals surface area contributed by atoms with Crippen molar-refractivity contribution in [1.82, 2.24) is 0 Å². The first-order valence-electron chi connectivity index (χ1n) is 7.06. The van der Waals surface area contributed by atoms with E-state index >= 15 is 0 Å². The normalized spacial score (nSPS) is 10.1. The first-order valence-corrected chi connectivity index (χ1v) is 7.06. The molecule has 4 heteroatoms. The fourth-order valence-corrected chi connectivity index (χ4v) is 2.09. The highest BCUT2D eigenvalue weighted by molar-refractivity contribution is 5.94. The number of carbonyl (C=O) groups excluding carboxylic acids is 2. The Balaban J connectivity index is 1.95. The van der Waals surface area contributed by atoms with E-state index < -0.39 is 0 Å².